The zero-order valence-corrected chi connectivity index (χ0v) is 21.7. The van der Waals surface area contributed by atoms with Crippen molar-refractivity contribution in [3.05, 3.63) is 72.3 Å². The van der Waals surface area contributed by atoms with E-state index in [0.717, 1.165) is 5.56 Å². The Morgan fingerprint density at radius 3 is 2.42 bits per heavy atom. The van der Waals surface area contributed by atoms with E-state index in [-0.39, 0.29) is 18.2 Å². The van der Waals surface area contributed by atoms with Crippen LogP contribution in [-0.4, -0.2) is 43.8 Å². The summed E-state index contributed by atoms with van der Waals surface area (Å²) in [5, 5.41) is 2.76. The number of benzodiazepines with no additional fused rings is 1. The lowest BCUT2D eigenvalue weighted by Gasteiger charge is -2.23. The third-order valence-electron chi connectivity index (χ3n) is 5.54. The smallest absolute Gasteiger partial charge is 0.272 e. The number of ether oxygens (including phenoxy) is 1. The van der Waals surface area contributed by atoms with E-state index in [1.54, 1.807) is 32.4 Å². The fourth-order valence-electron chi connectivity index (χ4n) is 3.95. The van der Waals surface area contributed by atoms with E-state index in [0.29, 0.717) is 29.1 Å². The largest absolute Gasteiger partial charge is 0.497 e. The molecule has 1 heterocycles. The second-order valence-electron chi connectivity index (χ2n) is 8.94. The summed E-state index contributed by atoms with van der Waals surface area (Å²) in [5.74, 6) is -1.21. The number of anilines is 1. The van der Waals surface area contributed by atoms with E-state index in [1.807, 2.05) is 57.2 Å². The summed E-state index contributed by atoms with van der Waals surface area (Å²) < 4.78 is 5.39. The number of benzene rings is 2. The van der Waals surface area contributed by atoms with Gasteiger partial charge in [-0.15, -0.1) is 6.58 Å². The van der Waals surface area contributed by atoms with Gasteiger partial charge in [-0.3, -0.25) is 14.4 Å². The maximum Gasteiger partial charge on any atom is 0.272 e. The lowest BCUT2D eigenvalue weighted by molar-refractivity contribution is -0.132. The highest BCUT2D eigenvalue weighted by atomic mass is 16.5. The Labute approximate surface area is 213 Å². The van der Waals surface area contributed by atoms with E-state index < -0.39 is 23.9 Å². The highest BCUT2D eigenvalue weighted by Crippen LogP contribution is 2.31. The Morgan fingerprint density at radius 1 is 1.22 bits per heavy atom. The maximum atomic E-state index is 13.3. The van der Waals surface area contributed by atoms with Crippen LogP contribution in [0.15, 0.2) is 66.2 Å². The number of carbonyl (C=O) groups excluding carboxylic acids is 3. The van der Waals surface area contributed by atoms with Crippen LogP contribution in [0.5, 0.6) is 5.75 Å². The van der Waals surface area contributed by atoms with Gasteiger partial charge < -0.3 is 20.7 Å². The number of aliphatic imine (C=N–C) groups is 1. The normalized spacial score (nSPS) is 15.5. The number of nitrogens with one attached hydrogen (secondary N) is 1. The molecule has 2 unspecified atom stereocenters. The number of nitrogens with two attached hydrogens (primary N) is 1. The fraction of sp³-hybridized carbons (Fsp3) is 0.357. The molecule has 2 aromatic carbocycles. The molecule has 0 saturated carbocycles. The zero-order chi connectivity index (χ0) is 26.8. The fourth-order valence-corrected chi connectivity index (χ4v) is 3.95. The van der Waals surface area contributed by atoms with E-state index in [4.69, 9.17) is 15.5 Å². The number of hydrogen-bond acceptors (Lipinski definition) is 5. The van der Waals surface area contributed by atoms with Crippen LogP contribution >= 0.6 is 0 Å². The Hall–Kier alpha value is -3.94. The molecule has 0 saturated heterocycles. The molecule has 1 aliphatic rings. The first kappa shape index (κ1) is 28.3. The first-order valence-corrected chi connectivity index (χ1v) is 11.9. The van der Waals surface area contributed by atoms with Crippen molar-refractivity contribution >= 4 is 29.1 Å². The average Bonchev–Trinajstić information content (AvgIpc) is 2.94. The molecule has 8 nitrogen and oxygen atoms in total. The Morgan fingerprint density at radius 2 is 1.86 bits per heavy atom. The molecule has 36 heavy (non-hydrogen) atoms. The van der Waals surface area contributed by atoms with Crippen LogP contribution in [0.25, 0.3) is 0 Å². The van der Waals surface area contributed by atoms with Gasteiger partial charge in [0.25, 0.3) is 5.91 Å². The van der Waals surface area contributed by atoms with Crippen LogP contribution in [-0.2, 0) is 14.4 Å². The minimum atomic E-state index is -1.15. The minimum absolute atomic E-state index is 0.0898. The monoisotopic (exact) mass is 492 g/mol. The number of primary amides is 1. The zero-order valence-electron chi connectivity index (χ0n) is 21.7. The second-order valence-corrected chi connectivity index (χ2v) is 8.94. The Bertz CT molecular complexity index is 1110. The molecule has 0 radical (unpaired) electrons. The van der Waals surface area contributed by atoms with Gasteiger partial charge in [0.05, 0.1) is 18.5 Å². The van der Waals surface area contributed by atoms with Crippen molar-refractivity contribution in [3.63, 3.8) is 0 Å². The second kappa shape index (κ2) is 13.2. The number of rotatable bonds is 8. The molecule has 192 valence electrons. The van der Waals surface area contributed by atoms with E-state index in [2.05, 4.69) is 11.9 Å². The summed E-state index contributed by atoms with van der Waals surface area (Å²) in [4.78, 5) is 44.1. The molecule has 3 amide bonds. The summed E-state index contributed by atoms with van der Waals surface area (Å²) in [6.45, 7) is 9.17. The molecule has 0 aliphatic carbocycles. The number of likely N-dealkylation sites (N-methyl/N-ethyl adjacent to an activating group) is 1. The van der Waals surface area contributed by atoms with Gasteiger partial charge in [0, 0.05) is 30.5 Å². The highest BCUT2D eigenvalue weighted by molar-refractivity contribution is 6.20. The summed E-state index contributed by atoms with van der Waals surface area (Å²) in [6.07, 6.45) is 0.977. The van der Waals surface area contributed by atoms with Crippen molar-refractivity contribution in [1.29, 1.82) is 0 Å². The van der Waals surface area contributed by atoms with Crippen LogP contribution < -0.4 is 20.7 Å². The molecule has 3 N–H and O–H groups in total. The van der Waals surface area contributed by atoms with Gasteiger partial charge in [-0.25, -0.2) is 4.99 Å². The van der Waals surface area contributed by atoms with Crippen molar-refractivity contribution in [2.24, 2.45) is 22.6 Å². The number of methoxy groups -OCH3 is 1. The van der Waals surface area contributed by atoms with Gasteiger partial charge in [0.15, 0.2) is 0 Å². The van der Waals surface area contributed by atoms with Gasteiger partial charge >= 0.3 is 0 Å². The molecule has 8 heteroatoms. The number of allylic oxidation sites excluding steroid dienone is 1. The topological polar surface area (TPSA) is 114 Å². The van der Waals surface area contributed by atoms with Crippen molar-refractivity contribution in [2.75, 3.05) is 19.1 Å². The molecule has 0 spiro atoms. The highest BCUT2D eigenvalue weighted by Gasteiger charge is 2.33. The van der Waals surface area contributed by atoms with Crippen LogP contribution in [0.4, 0.5) is 5.69 Å². The SMILES string of the molecule is C=CC.COc1ccc2c(c1)C(c1ccccc1)=NC(NC(=O)C(CC(N)=O)CC(C)C)C(=O)N2C. The quantitative estimate of drug-likeness (QED) is 0.547. The maximum absolute atomic E-state index is 13.3. The minimum Gasteiger partial charge on any atom is -0.497 e. The average molecular weight is 493 g/mol. The number of hydrogen-bond donors (Lipinski definition) is 2. The summed E-state index contributed by atoms with van der Waals surface area (Å²) in [5.41, 5.74) is 8.08. The Kier molecular flexibility index (Phi) is 10.4. The predicted molar refractivity (Wildman–Crippen MR) is 143 cm³/mol. The van der Waals surface area contributed by atoms with Crippen molar-refractivity contribution in [2.45, 2.75) is 39.8 Å². The molecule has 2 aromatic rings. The molecule has 2 atom stereocenters. The number of carbonyl (C=O) groups is 3. The first-order chi connectivity index (χ1) is 17.1. The predicted octanol–water partition coefficient (Wildman–Crippen LogP) is 3.68. The van der Waals surface area contributed by atoms with Crippen LogP contribution in [0.1, 0.15) is 44.7 Å². The molecule has 3 rings (SSSR count). The van der Waals surface area contributed by atoms with Crippen molar-refractivity contribution < 1.29 is 19.1 Å². The van der Waals surface area contributed by atoms with Gasteiger partial charge in [-0.2, -0.15) is 0 Å². The van der Waals surface area contributed by atoms with Crippen molar-refractivity contribution in [1.82, 2.24) is 5.32 Å². The standard InChI is InChI=1S/C25H30N4O4.C3H6/c1-15(2)12-17(13-21(26)30)24(31)28-23-25(32)29(3)20-11-10-18(33-4)14-19(20)22(27-23)16-8-6-5-7-9-16;1-3-2/h5-11,14-15,17,23H,12-13H2,1-4H3,(H2,26,30)(H,28,31);3H,1H2,2H3. The van der Waals surface area contributed by atoms with Gasteiger partial charge in [0.2, 0.25) is 18.0 Å². The third kappa shape index (κ3) is 7.28. The lowest BCUT2D eigenvalue weighted by Crippen LogP contribution is -2.48. The van der Waals surface area contributed by atoms with Crippen LogP contribution in [0.2, 0.25) is 0 Å². The first-order valence-electron chi connectivity index (χ1n) is 11.9. The number of amides is 3. The molecular formula is C28H36N4O4. The Balaban J connectivity index is 0.00000145. The molecule has 1 aliphatic heterocycles. The van der Waals surface area contributed by atoms with Gasteiger partial charge in [-0.05, 0) is 37.5 Å². The van der Waals surface area contributed by atoms with Gasteiger partial charge in [-0.1, -0.05) is 50.3 Å². The molecule has 0 aromatic heterocycles. The van der Waals surface area contributed by atoms with E-state index in [1.165, 1.54) is 4.90 Å². The summed E-state index contributed by atoms with van der Waals surface area (Å²) >= 11 is 0. The van der Waals surface area contributed by atoms with Gasteiger partial charge in [0.1, 0.15) is 5.75 Å². The molecule has 0 bridgehead atoms. The van der Waals surface area contributed by atoms with Crippen LogP contribution in [0.3, 0.4) is 0 Å². The number of nitrogens with zero attached hydrogens (tertiary/aromatic N) is 2. The van der Waals surface area contributed by atoms with E-state index in [9.17, 15) is 14.4 Å². The van der Waals surface area contributed by atoms with E-state index >= 15 is 0 Å². The van der Waals surface area contributed by atoms with Crippen molar-refractivity contribution in [3.8, 4) is 5.75 Å². The summed E-state index contributed by atoms with van der Waals surface area (Å²) in [7, 11) is 3.22. The molecule has 0 fully saturated rings. The number of fused-ring (bicyclic) bond motifs is 1. The summed E-state index contributed by atoms with van der Waals surface area (Å²) in [6, 6.07) is 14.8. The third-order valence-corrected chi connectivity index (χ3v) is 5.54. The molecular weight excluding hydrogens is 456 g/mol. The lowest BCUT2D eigenvalue weighted by atomic mass is 9.93. The van der Waals surface area contributed by atoms with Crippen LogP contribution in [0, 0.1) is 11.8 Å².